The Morgan fingerprint density at radius 3 is 2.35 bits per heavy atom. The van der Waals surface area contributed by atoms with E-state index in [2.05, 4.69) is 9.62 Å². The van der Waals surface area contributed by atoms with E-state index in [4.69, 9.17) is 27.9 Å². The van der Waals surface area contributed by atoms with Gasteiger partial charge in [0.1, 0.15) is 0 Å². The molecular weight excluding hydrogens is 395 g/mol. The molecule has 0 bridgehead atoms. The fourth-order valence-corrected chi connectivity index (χ4v) is 4.38. The number of hydrogen-bond donors (Lipinski definition) is 1. The summed E-state index contributed by atoms with van der Waals surface area (Å²) in [7, 11) is -3.64. The Morgan fingerprint density at radius 2 is 1.69 bits per heavy atom. The van der Waals surface area contributed by atoms with E-state index in [9.17, 15) is 8.42 Å². The predicted molar refractivity (Wildman–Crippen MR) is 103 cm³/mol. The van der Waals surface area contributed by atoms with Crippen LogP contribution in [0.15, 0.2) is 53.4 Å². The second-order valence-corrected chi connectivity index (χ2v) is 8.60. The highest BCUT2D eigenvalue weighted by atomic mass is 35.5. The first-order valence-corrected chi connectivity index (χ1v) is 10.5. The van der Waals surface area contributed by atoms with Crippen molar-refractivity contribution in [3.05, 3.63) is 64.1 Å². The van der Waals surface area contributed by atoms with Gasteiger partial charge in [-0.3, -0.25) is 4.90 Å². The van der Waals surface area contributed by atoms with Gasteiger partial charge in [0.05, 0.1) is 18.1 Å². The van der Waals surface area contributed by atoms with Crippen molar-refractivity contribution in [2.75, 3.05) is 32.8 Å². The number of morpholine rings is 1. The Kier molecular flexibility index (Phi) is 6.55. The zero-order valence-electron chi connectivity index (χ0n) is 14.1. The average Bonchev–Trinajstić information content (AvgIpc) is 2.64. The van der Waals surface area contributed by atoms with Crippen molar-refractivity contribution in [3.63, 3.8) is 0 Å². The molecular formula is C18H20Cl2N2O3S. The minimum Gasteiger partial charge on any atom is -0.379 e. The van der Waals surface area contributed by atoms with Gasteiger partial charge in [-0.2, -0.15) is 0 Å². The highest BCUT2D eigenvalue weighted by molar-refractivity contribution is 7.89. The van der Waals surface area contributed by atoms with Crippen LogP contribution in [-0.2, 0) is 14.8 Å². The zero-order chi connectivity index (χ0) is 18.6. The van der Waals surface area contributed by atoms with E-state index in [0.29, 0.717) is 23.3 Å². The SMILES string of the molecule is O=S(=O)(NC[C@H](c1ccccc1Cl)N1CCOCC1)c1ccc(Cl)cc1. The summed E-state index contributed by atoms with van der Waals surface area (Å²) in [5.41, 5.74) is 0.898. The summed E-state index contributed by atoms with van der Waals surface area (Å²) < 4.78 is 33.4. The largest absolute Gasteiger partial charge is 0.379 e. The Bertz CT molecular complexity index is 838. The van der Waals surface area contributed by atoms with Gasteiger partial charge in [-0.15, -0.1) is 0 Å². The molecule has 8 heteroatoms. The summed E-state index contributed by atoms with van der Waals surface area (Å²) in [6, 6.07) is 13.4. The van der Waals surface area contributed by atoms with Crippen molar-refractivity contribution in [1.29, 1.82) is 0 Å². The molecule has 0 saturated carbocycles. The quantitative estimate of drug-likeness (QED) is 0.786. The smallest absolute Gasteiger partial charge is 0.240 e. The molecule has 0 unspecified atom stereocenters. The molecule has 2 aromatic carbocycles. The molecule has 1 atom stereocenters. The van der Waals surface area contributed by atoms with Gasteiger partial charge in [-0.1, -0.05) is 41.4 Å². The second-order valence-electron chi connectivity index (χ2n) is 5.99. The fraction of sp³-hybridized carbons (Fsp3) is 0.333. The molecule has 3 rings (SSSR count). The average molecular weight is 415 g/mol. The van der Waals surface area contributed by atoms with Crippen molar-refractivity contribution >= 4 is 33.2 Å². The van der Waals surface area contributed by atoms with Crippen molar-refractivity contribution < 1.29 is 13.2 Å². The van der Waals surface area contributed by atoms with Crippen LogP contribution in [0.4, 0.5) is 0 Å². The van der Waals surface area contributed by atoms with E-state index in [-0.39, 0.29) is 17.5 Å². The third-order valence-corrected chi connectivity index (χ3v) is 6.38. The lowest BCUT2D eigenvalue weighted by Gasteiger charge is -2.35. The molecule has 1 N–H and O–H groups in total. The van der Waals surface area contributed by atoms with Crippen molar-refractivity contribution in [2.24, 2.45) is 0 Å². The molecule has 0 radical (unpaired) electrons. The minimum absolute atomic E-state index is 0.172. The van der Waals surface area contributed by atoms with Gasteiger partial charge in [0, 0.05) is 35.7 Å². The van der Waals surface area contributed by atoms with E-state index in [1.165, 1.54) is 12.1 Å². The van der Waals surface area contributed by atoms with Crippen molar-refractivity contribution in [2.45, 2.75) is 10.9 Å². The van der Waals surface area contributed by atoms with Gasteiger partial charge in [-0.05, 0) is 35.9 Å². The van der Waals surface area contributed by atoms with E-state index in [0.717, 1.165) is 18.7 Å². The summed E-state index contributed by atoms with van der Waals surface area (Å²) >= 11 is 12.2. The number of halogens is 2. The highest BCUT2D eigenvalue weighted by Gasteiger charge is 2.26. The van der Waals surface area contributed by atoms with E-state index in [1.54, 1.807) is 12.1 Å². The van der Waals surface area contributed by atoms with Crippen LogP contribution in [0, 0.1) is 0 Å². The Hall–Kier alpha value is -1.15. The maximum Gasteiger partial charge on any atom is 0.240 e. The van der Waals surface area contributed by atoms with Crippen LogP contribution in [0.5, 0.6) is 0 Å². The molecule has 5 nitrogen and oxygen atoms in total. The van der Waals surface area contributed by atoms with E-state index in [1.807, 2.05) is 24.3 Å². The Balaban J connectivity index is 1.81. The van der Waals surface area contributed by atoms with Crippen LogP contribution in [0.2, 0.25) is 10.0 Å². The maximum absolute atomic E-state index is 12.6. The van der Waals surface area contributed by atoms with Crippen LogP contribution < -0.4 is 4.72 Å². The van der Waals surface area contributed by atoms with E-state index >= 15 is 0 Å². The number of nitrogens with one attached hydrogen (secondary N) is 1. The van der Waals surface area contributed by atoms with Crippen LogP contribution >= 0.6 is 23.2 Å². The second kappa shape index (κ2) is 8.69. The summed E-state index contributed by atoms with van der Waals surface area (Å²) in [6.07, 6.45) is 0. The van der Waals surface area contributed by atoms with Crippen molar-refractivity contribution in [1.82, 2.24) is 9.62 Å². The van der Waals surface area contributed by atoms with Gasteiger partial charge < -0.3 is 4.74 Å². The maximum atomic E-state index is 12.6. The standard InChI is InChI=1S/C18H20Cl2N2O3S/c19-14-5-7-15(8-6-14)26(23,24)21-13-18(22-9-11-25-12-10-22)16-3-1-2-4-17(16)20/h1-8,18,21H,9-13H2/t18-/m1/s1. The molecule has 1 heterocycles. The first-order chi connectivity index (χ1) is 12.5. The lowest BCUT2D eigenvalue weighted by Crippen LogP contribution is -2.43. The molecule has 0 spiro atoms. The lowest BCUT2D eigenvalue weighted by atomic mass is 10.0. The van der Waals surface area contributed by atoms with Crippen LogP contribution in [-0.4, -0.2) is 46.2 Å². The van der Waals surface area contributed by atoms with Crippen molar-refractivity contribution in [3.8, 4) is 0 Å². The normalized spacial score (nSPS) is 17.2. The summed E-state index contributed by atoms with van der Waals surface area (Å²) in [6.45, 7) is 2.89. The van der Waals surface area contributed by atoms with Gasteiger partial charge >= 0.3 is 0 Å². The van der Waals surface area contributed by atoms with Crippen LogP contribution in [0.1, 0.15) is 11.6 Å². The molecule has 1 aliphatic heterocycles. The minimum atomic E-state index is -3.64. The Morgan fingerprint density at radius 1 is 1.04 bits per heavy atom. The molecule has 1 fully saturated rings. The summed E-state index contributed by atoms with van der Waals surface area (Å²) in [5, 5.41) is 1.11. The monoisotopic (exact) mass is 414 g/mol. The third kappa shape index (κ3) is 4.76. The number of hydrogen-bond acceptors (Lipinski definition) is 4. The van der Waals surface area contributed by atoms with Gasteiger partial charge in [-0.25, -0.2) is 13.1 Å². The molecule has 1 saturated heterocycles. The number of rotatable bonds is 6. The van der Waals surface area contributed by atoms with Gasteiger partial charge in [0.2, 0.25) is 10.0 Å². The molecule has 0 aliphatic carbocycles. The van der Waals surface area contributed by atoms with Crippen LogP contribution in [0.25, 0.3) is 0 Å². The number of benzene rings is 2. The predicted octanol–water partition coefficient (Wildman–Crippen LogP) is 3.35. The first kappa shape index (κ1) is 19.6. The first-order valence-electron chi connectivity index (χ1n) is 8.29. The highest BCUT2D eigenvalue weighted by Crippen LogP contribution is 2.28. The third-order valence-electron chi connectivity index (χ3n) is 4.34. The lowest BCUT2D eigenvalue weighted by molar-refractivity contribution is 0.0172. The topological polar surface area (TPSA) is 58.6 Å². The fourth-order valence-electron chi connectivity index (χ4n) is 2.96. The number of nitrogens with zero attached hydrogens (tertiary/aromatic N) is 1. The zero-order valence-corrected chi connectivity index (χ0v) is 16.4. The van der Waals surface area contributed by atoms with E-state index < -0.39 is 10.0 Å². The number of sulfonamides is 1. The molecule has 26 heavy (non-hydrogen) atoms. The Labute approximate surface area is 163 Å². The molecule has 140 valence electrons. The van der Waals surface area contributed by atoms with Crippen LogP contribution in [0.3, 0.4) is 0 Å². The molecule has 0 aromatic heterocycles. The molecule has 2 aromatic rings. The van der Waals surface area contributed by atoms with Gasteiger partial charge in [0.25, 0.3) is 0 Å². The molecule has 0 amide bonds. The summed E-state index contributed by atoms with van der Waals surface area (Å²) in [5.74, 6) is 0. The number of ether oxygens (including phenoxy) is 1. The van der Waals surface area contributed by atoms with Gasteiger partial charge in [0.15, 0.2) is 0 Å². The summed E-state index contributed by atoms with van der Waals surface area (Å²) in [4.78, 5) is 2.37. The molecule has 1 aliphatic rings.